The first kappa shape index (κ1) is 16.6. The molecule has 0 fully saturated rings. The minimum Gasteiger partial charge on any atom is -0.492 e. The lowest BCUT2D eigenvalue weighted by atomic mass is 10.1. The van der Waals surface area contributed by atoms with Crippen LogP contribution >= 0.6 is 15.9 Å². The highest BCUT2D eigenvalue weighted by Gasteiger charge is 2.12. The van der Waals surface area contributed by atoms with E-state index in [2.05, 4.69) is 22.0 Å². The number of halogens is 1. The van der Waals surface area contributed by atoms with Crippen LogP contribution < -0.4 is 4.74 Å². The summed E-state index contributed by atoms with van der Waals surface area (Å²) < 4.78 is 6.67. The van der Waals surface area contributed by atoms with E-state index >= 15 is 0 Å². The largest absolute Gasteiger partial charge is 0.492 e. The van der Waals surface area contributed by atoms with E-state index < -0.39 is 0 Å². The summed E-state index contributed by atoms with van der Waals surface area (Å²) in [6.07, 6.45) is 0. The maximum absolute atomic E-state index is 12.4. The molecule has 0 aliphatic rings. The summed E-state index contributed by atoms with van der Waals surface area (Å²) in [6, 6.07) is 13.6. The van der Waals surface area contributed by atoms with Gasteiger partial charge >= 0.3 is 0 Å². The molecule has 0 aromatic heterocycles. The zero-order chi connectivity index (χ0) is 16.1. The Morgan fingerprint density at radius 2 is 1.68 bits per heavy atom. The number of amides is 1. The van der Waals surface area contributed by atoms with Crippen LogP contribution in [0.3, 0.4) is 0 Å². The van der Waals surface area contributed by atoms with Gasteiger partial charge in [0.25, 0.3) is 5.91 Å². The molecule has 1 amide bonds. The number of carbonyl (C=O) groups excluding carboxylic acids is 1. The maximum atomic E-state index is 12.4. The maximum Gasteiger partial charge on any atom is 0.253 e. The molecule has 0 N–H and O–H groups in total. The third kappa shape index (κ3) is 4.60. The Labute approximate surface area is 140 Å². The zero-order valence-corrected chi connectivity index (χ0v) is 14.7. The van der Waals surface area contributed by atoms with Gasteiger partial charge < -0.3 is 9.64 Å². The molecule has 22 heavy (non-hydrogen) atoms. The van der Waals surface area contributed by atoms with Crippen LogP contribution in [0.1, 0.15) is 21.5 Å². The van der Waals surface area contributed by atoms with Gasteiger partial charge in [0.1, 0.15) is 12.4 Å². The summed E-state index contributed by atoms with van der Waals surface area (Å²) in [6.45, 7) is 5.01. The molecular weight excluding hydrogens is 342 g/mol. The fourth-order valence-corrected chi connectivity index (χ4v) is 2.52. The second kappa shape index (κ2) is 7.45. The zero-order valence-electron chi connectivity index (χ0n) is 13.1. The molecule has 0 aliphatic heterocycles. The number of likely N-dealkylation sites (N-methyl/N-ethyl adjacent to an activating group) is 1. The molecule has 4 heteroatoms. The van der Waals surface area contributed by atoms with E-state index in [1.165, 1.54) is 0 Å². The molecule has 0 bridgehead atoms. The molecule has 0 unspecified atom stereocenters. The van der Waals surface area contributed by atoms with Gasteiger partial charge in [0.2, 0.25) is 0 Å². The SMILES string of the molecule is Cc1cc(C)cc(C(=O)N(C)CCOc2ccc(Br)cc2)c1. The first-order valence-corrected chi connectivity index (χ1v) is 7.97. The second-order valence-corrected chi connectivity index (χ2v) is 6.32. The summed E-state index contributed by atoms with van der Waals surface area (Å²) in [5.74, 6) is 0.821. The standard InChI is InChI=1S/C18H20BrNO2/c1-13-10-14(2)12-15(11-13)18(21)20(3)8-9-22-17-6-4-16(19)5-7-17/h4-7,10-12H,8-9H2,1-3H3. The number of aryl methyl sites for hydroxylation is 2. The van der Waals surface area contributed by atoms with Gasteiger partial charge in [-0.15, -0.1) is 0 Å². The highest BCUT2D eigenvalue weighted by atomic mass is 79.9. The number of hydrogen-bond donors (Lipinski definition) is 0. The average molecular weight is 362 g/mol. The van der Waals surface area contributed by atoms with Crippen LogP contribution in [0.5, 0.6) is 5.75 Å². The van der Waals surface area contributed by atoms with Crippen molar-refractivity contribution < 1.29 is 9.53 Å². The number of hydrogen-bond acceptors (Lipinski definition) is 2. The van der Waals surface area contributed by atoms with Crippen LogP contribution in [0.15, 0.2) is 46.9 Å². The van der Waals surface area contributed by atoms with Gasteiger partial charge in [-0.25, -0.2) is 0 Å². The van der Waals surface area contributed by atoms with Gasteiger partial charge in [-0.1, -0.05) is 33.1 Å². The normalized spacial score (nSPS) is 10.4. The minimum atomic E-state index is 0.0196. The van der Waals surface area contributed by atoms with E-state index in [-0.39, 0.29) is 5.91 Å². The number of nitrogens with zero attached hydrogens (tertiary/aromatic N) is 1. The Morgan fingerprint density at radius 1 is 1.09 bits per heavy atom. The van der Waals surface area contributed by atoms with E-state index in [0.29, 0.717) is 13.2 Å². The van der Waals surface area contributed by atoms with E-state index in [1.807, 2.05) is 50.2 Å². The highest BCUT2D eigenvalue weighted by molar-refractivity contribution is 9.10. The second-order valence-electron chi connectivity index (χ2n) is 5.41. The molecule has 0 saturated heterocycles. The predicted octanol–water partition coefficient (Wildman–Crippen LogP) is 4.22. The number of benzene rings is 2. The van der Waals surface area contributed by atoms with Crippen molar-refractivity contribution in [3.8, 4) is 5.75 Å². The monoisotopic (exact) mass is 361 g/mol. The first-order chi connectivity index (χ1) is 10.5. The van der Waals surface area contributed by atoms with Crippen LogP contribution in [0.2, 0.25) is 0 Å². The van der Waals surface area contributed by atoms with Crippen molar-refractivity contribution in [3.05, 3.63) is 63.6 Å². The van der Waals surface area contributed by atoms with Gasteiger partial charge in [0, 0.05) is 17.1 Å². The number of carbonyl (C=O) groups is 1. The molecule has 0 atom stereocenters. The van der Waals surface area contributed by atoms with Gasteiger partial charge in [-0.05, 0) is 50.2 Å². The van der Waals surface area contributed by atoms with Gasteiger partial charge in [-0.2, -0.15) is 0 Å². The van der Waals surface area contributed by atoms with Crippen molar-refractivity contribution in [3.63, 3.8) is 0 Å². The molecule has 2 rings (SSSR count). The third-order valence-corrected chi connectivity index (χ3v) is 3.85. The van der Waals surface area contributed by atoms with Crippen LogP contribution in [0.25, 0.3) is 0 Å². The molecule has 3 nitrogen and oxygen atoms in total. The van der Waals surface area contributed by atoms with Crippen molar-refractivity contribution >= 4 is 21.8 Å². The molecule has 0 heterocycles. The Kier molecular flexibility index (Phi) is 5.61. The highest BCUT2D eigenvalue weighted by Crippen LogP contribution is 2.16. The van der Waals surface area contributed by atoms with Crippen molar-refractivity contribution in [2.24, 2.45) is 0 Å². The third-order valence-electron chi connectivity index (χ3n) is 3.32. The van der Waals surface area contributed by atoms with Crippen LogP contribution in [-0.2, 0) is 0 Å². The summed E-state index contributed by atoms with van der Waals surface area (Å²) >= 11 is 3.38. The molecular formula is C18H20BrNO2. The Hall–Kier alpha value is -1.81. The fourth-order valence-electron chi connectivity index (χ4n) is 2.25. The molecule has 2 aromatic rings. The molecule has 0 spiro atoms. The lowest BCUT2D eigenvalue weighted by Crippen LogP contribution is -2.31. The first-order valence-electron chi connectivity index (χ1n) is 7.18. The van der Waals surface area contributed by atoms with E-state index in [0.717, 1.165) is 26.9 Å². The molecule has 0 aliphatic carbocycles. The van der Waals surface area contributed by atoms with Crippen molar-refractivity contribution in [1.82, 2.24) is 4.90 Å². The lowest BCUT2D eigenvalue weighted by Gasteiger charge is -2.18. The number of rotatable bonds is 5. The van der Waals surface area contributed by atoms with Crippen LogP contribution in [-0.4, -0.2) is 31.0 Å². The Balaban J connectivity index is 1.89. The molecule has 0 saturated carbocycles. The lowest BCUT2D eigenvalue weighted by molar-refractivity contribution is 0.0773. The van der Waals surface area contributed by atoms with E-state index in [4.69, 9.17) is 4.74 Å². The number of ether oxygens (including phenoxy) is 1. The van der Waals surface area contributed by atoms with Gasteiger partial charge in [-0.3, -0.25) is 4.79 Å². The van der Waals surface area contributed by atoms with Crippen molar-refractivity contribution in [1.29, 1.82) is 0 Å². The summed E-state index contributed by atoms with van der Waals surface area (Å²) in [7, 11) is 1.80. The quantitative estimate of drug-likeness (QED) is 0.797. The average Bonchev–Trinajstić information content (AvgIpc) is 2.47. The van der Waals surface area contributed by atoms with E-state index in [9.17, 15) is 4.79 Å². The predicted molar refractivity (Wildman–Crippen MR) is 92.5 cm³/mol. The Bertz CT molecular complexity index is 632. The van der Waals surface area contributed by atoms with Crippen molar-refractivity contribution in [2.45, 2.75) is 13.8 Å². The minimum absolute atomic E-state index is 0.0196. The molecule has 2 aromatic carbocycles. The summed E-state index contributed by atoms with van der Waals surface area (Å²) in [5.41, 5.74) is 2.93. The fraction of sp³-hybridized carbons (Fsp3) is 0.278. The molecule has 116 valence electrons. The van der Waals surface area contributed by atoms with Gasteiger partial charge in [0.15, 0.2) is 0 Å². The van der Waals surface area contributed by atoms with Crippen LogP contribution in [0, 0.1) is 13.8 Å². The summed E-state index contributed by atoms with van der Waals surface area (Å²) in [4.78, 5) is 14.1. The Morgan fingerprint density at radius 3 is 2.27 bits per heavy atom. The smallest absolute Gasteiger partial charge is 0.253 e. The van der Waals surface area contributed by atoms with Crippen molar-refractivity contribution in [2.75, 3.05) is 20.2 Å². The van der Waals surface area contributed by atoms with E-state index in [1.54, 1.807) is 11.9 Å². The van der Waals surface area contributed by atoms with Crippen LogP contribution in [0.4, 0.5) is 0 Å². The summed E-state index contributed by atoms with van der Waals surface area (Å²) in [5, 5.41) is 0. The molecule has 0 radical (unpaired) electrons. The topological polar surface area (TPSA) is 29.5 Å². The van der Waals surface area contributed by atoms with Gasteiger partial charge in [0.05, 0.1) is 6.54 Å².